The van der Waals surface area contributed by atoms with Crippen molar-refractivity contribution < 1.29 is 14.0 Å². The fourth-order valence-corrected chi connectivity index (χ4v) is 2.39. The molecule has 6 nitrogen and oxygen atoms in total. The first-order valence-corrected chi connectivity index (χ1v) is 8.30. The Kier molecular flexibility index (Phi) is 5.77. The normalized spacial score (nSPS) is 10.3. The van der Waals surface area contributed by atoms with Crippen LogP contribution in [0, 0.1) is 0 Å². The molecule has 0 aliphatic heterocycles. The van der Waals surface area contributed by atoms with Gasteiger partial charge in [0.25, 0.3) is 5.91 Å². The number of nitrogens with zero attached hydrogens (tertiary/aromatic N) is 1. The number of pyridine rings is 1. The van der Waals surface area contributed by atoms with E-state index in [1.807, 2.05) is 18.2 Å². The number of nitrogens with one attached hydrogen (secondary N) is 2. The van der Waals surface area contributed by atoms with Crippen LogP contribution < -0.4 is 10.6 Å². The van der Waals surface area contributed by atoms with E-state index in [0.29, 0.717) is 30.6 Å². The Labute approximate surface area is 151 Å². The number of rotatable bonds is 7. The number of anilines is 1. The van der Waals surface area contributed by atoms with Gasteiger partial charge in [-0.15, -0.1) is 0 Å². The molecular weight excluding hydrogens is 330 g/mol. The highest BCUT2D eigenvalue weighted by Crippen LogP contribution is 2.09. The third kappa shape index (κ3) is 5.04. The number of aryl methyl sites for hydroxylation is 1. The van der Waals surface area contributed by atoms with Crippen LogP contribution in [0.2, 0.25) is 0 Å². The first-order chi connectivity index (χ1) is 12.7. The molecule has 0 radical (unpaired) electrons. The minimum Gasteiger partial charge on any atom is -0.469 e. The maximum absolute atomic E-state index is 12.2. The number of amides is 2. The largest absolute Gasteiger partial charge is 0.469 e. The summed E-state index contributed by atoms with van der Waals surface area (Å²) in [6.45, 7) is 0.418. The lowest BCUT2D eigenvalue weighted by molar-refractivity contribution is -0.121. The Morgan fingerprint density at radius 1 is 1.04 bits per heavy atom. The van der Waals surface area contributed by atoms with Gasteiger partial charge in [0.05, 0.1) is 18.1 Å². The fraction of sp³-hybridized carbons (Fsp3) is 0.150. The van der Waals surface area contributed by atoms with Crippen LogP contribution in [0.4, 0.5) is 5.69 Å². The number of aromatic nitrogens is 1. The van der Waals surface area contributed by atoms with E-state index >= 15 is 0 Å². The van der Waals surface area contributed by atoms with Gasteiger partial charge in [0.1, 0.15) is 5.76 Å². The standard InChI is InChI=1S/C20H19N3O3/c24-19(10-9-18-4-2-12-26-18)22-13-15-5-7-16(8-6-15)20(25)23-17-3-1-11-21-14-17/h1-8,11-12,14H,9-10,13H2,(H,22,24)(H,23,25). The average Bonchev–Trinajstić information content (AvgIpc) is 3.19. The van der Waals surface area contributed by atoms with Gasteiger partial charge in [-0.3, -0.25) is 14.6 Å². The van der Waals surface area contributed by atoms with Crippen molar-refractivity contribution in [3.63, 3.8) is 0 Å². The number of carbonyl (C=O) groups excluding carboxylic acids is 2. The first-order valence-electron chi connectivity index (χ1n) is 8.30. The minimum absolute atomic E-state index is 0.0419. The Morgan fingerprint density at radius 3 is 2.58 bits per heavy atom. The van der Waals surface area contributed by atoms with Crippen LogP contribution in [0.1, 0.15) is 28.1 Å². The highest BCUT2D eigenvalue weighted by molar-refractivity contribution is 6.04. The van der Waals surface area contributed by atoms with E-state index in [-0.39, 0.29) is 11.8 Å². The summed E-state index contributed by atoms with van der Waals surface area (Å²) in [6.07, 6.45) is 5.78. The second-order valence-corrected chi connectivity index (χ2v) is 5.75. The Bertz CT molecular complexity index is 844. The average molecular weight is 349 g/mol. The van der Waals surface area contributed by atoms with Gasteiger partial charge in [-0.2, -0.15) is 0 Å². The van der Waals surface area contributed by atoms with Gasteiger partial charge in [-0.05, 0) is 42.0 Å². The Balaban J connectivity index is 1.46. The maximum Gasteiger partial charge on any atom is 0.255 e. The lowest BCUT2D eigenvalue weighted by Gasteiger charge is -2.07. The molecule has 3 rings (SSSR count). The molecule has 0 atom stereocenters. The number of furan rings is 1. The molecule has 0 fully saturated rings. The molecule has 2 amide bonds. The quantitative estimate of drug-likeness (QED) is 0.686. The molecule has 2 aromatic heterocycles. The zero-order valence-corrected chi connectivity index (χ0v) is 14.1. The molecule has 26 heavy (non-hydrogen) atoms. The third-order valence-electron chi connectivity index (χ3n) is 3.80. The molecule has 0 aliphatic rings. The Morgan fingerprint density at radius 2 is 1.88 bits per heavy atom. The van der Waals surface area contributed by atoms with E-state index in [9.17, 15) is 9.59 Å². The summed E-state index contributed by atoms with van der Waals surface area (Å²) < 4.78 is 5.20. The Hall–Kier alpha value is -3.41. The zero-order valence-electron chi connectivity index (χ0n) is 14.1. The minimum atomic E-state index is -0.202. The van der Waals surface area contributed by atoms with E-state index in [0.717, 1.165) is 11.3 Å². The summed E-state index contributed by atoms with van der Waals surface area (Å²) in [6, 6.07) is 14.3. The van der Waals surface area contributed by atoms with Gasteiger partial charge in [-0.1, -0.05) is 12.1 Å². The van der Waals surface area contributed by atoms with Crippen molar-refractivity contribution in [2.75, 3.05) is 5.32 Å². The number of benzene rings is 1. The van der Waals surface area contributed by atoms with Crippen molar-refractivity contribution in [2.45, 2.75) is 19.4 Å². The van der Waals surface area contributed by atoms with Crippen molar-refractivity contribution in [3.05, 3.63) is 84.1 Å². The molecule has 6 heteroatoms. The second kappa shape index (κ2) is 8.62. The number of hydrogen-bond acceptors (Lipinski definition) is 4. The summed E-state index contributed by atoms with van der Waals surface area (Å²) in [7, 11) is 0. The smallest absolute Gasteiger partial charge is 0.255 e. The lowest BCUT2D eigenvalue weighted by Crippen LogP contribution is -2.23. The molecule has 132 valence electrons. The summed E-state index contributed by atoms with van der Waals surface area (Å²) in [5, 5.41) is 5.64. The summed E-state index contributed by atoms with van der Waals surface area (Å²) in [4.78, 5) is 28.0. The molecule has 3 aromatic rings. The molecule has 0 spiro atoms. The van der Waals surface area contributed by atoms with Crippen LogP contribution in [0.15, 0.2) is 71.6 Å². The van der Waals surface area contributed by atoms with Gasteiger partial charge >= 0.3 is 0 Å². The zero-order chi connectivity index (χ0) is 18.2. The third-order valence-corrected chi connectivity index (χ3v) is 3.80. The van der Waals surface area contributed by atoms with Crippen LogP contribution in [-0.2, 0) is 17.8 Å². The molecular formula is C20H19N3O3. The SMILES string of the molecule is O=C(CCc1ccco1)NCc1ccc(C(=O)Nc2cccnc2)cc1. The second-order valence-electron chi connectivity index (χ2n) is 5.75. The summed E-state index contributed by atoms with van der Waals surface area (Å²) in [5.74, 6) is 0.552. The van der Waals surface area contributed by atoms with Crippen molar-refractivity contribution >= 4 is 17.5 Å². The summed E-state index contributed by atoms with van der Waals surface area (Å²) >= 11 is 0. The monoisotopic (exact) mass is 349 g/mol. The van der Waals surface area contributed by atoms with Gasteiger partial charge in [0.2, 0.25) is 5.91 Å². The van der Waals surface area contributed by atoms with Crippen LogP contribution in [0.3, 0.4) is 0 Å². The molecule has 2 heterocycles. The van der Waals surface area contributed by atoms with E-state index < -0.39 is 0 Å². The first kappa shape index (κ1) is 17.4. The molecule has 0 bridgehead atoms. The van der Waals surface area contributed by atoms with E-state index in [4.69, 9.17) is 4.42 Å². The highest BCUT2D eigenvalue weighted by Gasteiger charge is 2.07. The number of carbonyl (C=O) groups is 2. The molecule has 0 saturated heterocycles. The summed E-state index contributed by atoms with van der Waals surface area (Å²) in [5.41, 5.74) is 2.11. The maximum atomic E-state index is 12.2. The van der Waals surface area contributed by atoms with Gasteiger partial charge < -0.3 is 15.1 Å². The topological polar surface area (TPSA) is 84.2 Å². The fourth-order valence-electron chi connectivity index (χ4n) is 2.39. The lowest BCUT2D eigenvalue weighted by atomic mass is 10.1. The molecule has 1 aromatic carbocycles. The van der Waals surface area contributed by atoms with Gasteiger partial charge in [0, 0.05) is 31.1 Å². The van der Waals surface area contributed by atoms with E-state index in [1.165, 1.54) is 0 Å². The van der Waals surface area contributed by atoms with Crippen LogP contribution in [0.5, 0.6) is 0 Å². The molecule has 0 saturated carbocycles. The van der Waals surface area contributed by atoms with Crippen molar-refractivity contribution in [2.24, 2.45) is 0 Å². The van der Waals surface area contributed by atoms with Crippen LogP contribution >= 0.6 is 0 Å². The number of hydrogen-bond donors (Lipinski definition) is 2. The van der Waals surface area contributed by atoms with E-state index in [2.05, 4.69) is 15.6 Å². The van der Waals surface area contributed by atoms with Gasteiger partial charge in [-0.25, -0.2) is 0 Å². The molecule has 2 N–H and O–H groups in total. The molecule has 0 aliphatic carbocycles. The van der Waals surface area contributed by atoms with Crippen molar-refractivity contribution in [3.8, 4) is 0 Å². The van der Waals surface area contributed by atoms with Crippen molar-refractivity contribution in [1.82, 2.24) is 10.3 Å². The van der Waals surface area contributed by atoms with Gasteiger partial charge in [0.15, 0.2) is 0 Å². The van der Waals surface area contributed by atoms with Crippen LogP contribution in [0.25, 0.3) is 0 Å². The predicted molar refractivity (Wildman–Crippen MR) is 97.5 cm³/mol. The van der Waals surface area contributed by atoms with Crippen LogP contribution in [-0.4, -0.2) is 16.8 Å². The van der Waals surface area contributed by atoms with E-state index in [1.54, 1.807) is 49.0 Å². The van der Waals surface area contributed by atoms with Crippen molar-refractivity contribution in [1.29, 1.82) is 0 Å². The highest BCUT2D eigenvalue weighted by atomic mass is 16.3. The predicted octanol–water partition coefficient (Wildman–Crippen LogP) is 3.18. The molecule has 0 unspecified atom stereocenters.